The first kappa shape index (κ1) is 26.7. The smallest absolute Gasteiger partial charge is 0.322 e. The minimum atomic E-state index is -3.81. The number of amides is 2. The molecule has 184 valence electrons. The summed E-state index contributed by atoms with van der Waals surface area (Å²) in [6, 6.07) is 4.36. The number of anilines is 1. The number of nitrogens with zero attached hydrogens (tertiary/aromatic N) is 4. The van der Waals surface area contributed by atoms with Gasteiger partial charge in [0.25, 0.3) is 10.0 Å². The van der Waals surface area contributed by atoms with Crippen LogP contribution in [0.1, 0.15) is 13.8 Å². The fourth-order valence-electron chi connectivity index (χ4n) is 3.24. The van der Waals surface area contributed by atoms with Gasteiger partial charge in [0.1, 0.15) is 5.82 Å². The summed E-state index contributed by atoms with van der Waals surface area (Å²) in [5.74, 6) is -0.709. The summed E-state index contributed by atoms with van der Waals surface area (Å²) in [4.78, 5) is 18.2. The van der Waals surface area contributed by atoms with E-state index in [0.717, 1.165) is 0 Å². The molecule has 2 amide bonds. The van der Waals surface area contributed by atoms with Crippen LogP contribution in [-0.4, -0.2) is 84.3 Å². The molecule has 1 aromatic carbocycles. The summed E-state index contributed by atoms with van der Waals surface area (Å²) in [5, 5.41) is 12.3. The Morgan fingerprint density at radius 2 is 1.91 bits per heavy atom. The zero-order chi connectivity index (χ0) is 24.8. The Bertz CT molecular complexity index is 1010. The zero-order valence-corrected chi connectivity index (χ0v) is 20.3. The zero-order valence-electron chi connectivity index (χ0n) is 19.5. The van der Waals surface area contributed by atoms with E-state index in [4.69, 9.17) is 4.74 Å². The van der Waals surface area contributed by atoms with Crippen molar-refractivity contribution in [1.29, 1.82) is 0 Å². The maximum Gasteiger partial charge on any atom is 0.322 e. The summed E-state index contributed by atoms with van der Waals surface area (Å²) >= 11 is 0. The number of sulfonamides is 1. The molecule has 0 unspecified atom stereocenters. The predicted molar refractivity (Wildman–Crippen MR) is 122 cm³/mol. The molecule has 2 rings (SSSR count). The van der Waals surface area contributed by atoms with Crippen LogP contribution in [0, 0.1) is 11.7 Å². The Kier molecular flexibility index (Phi) is 9.35. The predicted octanol–water partition coefficient (Wildman–Crippen LogP) is 1.75. The lowest BCUT2D eigenvalue weighted by atomic mass is 10.0. The second-order valence-electron chi connectivity index (χ2n) is 8.04. The minimum absolute atomic E-state index is 0.0392. The molecule has 3 atom stereocenters. The van der Waals surface area contributed by atoms with Crippen LogP contribution >= 0.6 is 0 Å². The Morgan fingerprint density at radius 3 is 2.42 bits per heavy atom. The first-order valence-electron chi connectivity index (χ1n) is 10.4. The van der Waals surface area contributed by atoms with Crippen molar-refractivity contribution in [2.24, 2.45) is 13.0 Å². The van der Waals surface area contributed by atoms with Crippen molar-refractivity contribution in [1.82, 2.24) is 18.8 Å². The van der Waals surface area contributed by atoms with Gasteiger partial charge in [0.05, 0.1) is 25.1 Å². The number of ether oxygens (including phenoxy) is 1. The number of nitrogens with one attached hydrogen (secondary N) is 1. The summed E-state index contributed by atoms with van der Waals surface area (Å²) in [6.07, 6.45) is 2.28. The van der Waals surface area contributed by atoms with E-state index in [1.807, 2.05) is 6.92 Å². The van der Waals surface area contributed by atoms with Crippen molar-refractivity contribution < 1.29 is 27.4 Å². The fraction of sp³-hybridized carbons (Fsp3) is 0.524. The average molecular weight is 486 g/mol. The van der Waals surface area contributed by atoms with E-state index >= 15 is 0 Å². The standard InChI is InChI=1S/C21H32FN5O5S/c1-15(19(32-5)11-26(4)33(30,31)20-12-25(3)14-23-20)10-27(16(2)13-28)21(29)24-18-8-6-17(22)7-9-18/h6-9,12,14-16,19,28H,10-11,13H2,1-5H3,(H,24,29)/t15-,16+,19-/m0/s1. The number of carbonyl (C=O) groups is 1. The van der Waals surface area contributed by atoms with Crippen LogP contribution in [0.3, 0.4) is 0 Å². The first-order chi connectivity index (χ1) is 15.5. The molecule has 0 aliphatic carbocycles. The highest BCUT2D eigenvalue weighted by Crippen LogP contribution is 2.18. The van der Waals surface area contributed by atoms with Gasteiger partial charge in [0.15, 0.2) is 5.03 Å². The molecule has 2 aromatic rings. The number of hydrogen-bond donors (Lipinski definition) is 2. The number of likely N-dealkylation sites (N-methyl/N-ethyl adjacent to an activating group) is 1. The van der Waals surface area contributed by atoms with Crippen molar-refractivity contribution in [3.63, 3.8) is 0 Å². The van der Waals surface area contributed by atoms with Crippen LogP contribution in [-0.2, 0) is 21.8 Å². The van der Waals surface area contributed by atoms with Crippen LogP contribution in [0.4, 0.5) is 14.9 Å². The van der Waals surface area contributed by atoms with Gasteiger partial charge < -0.3 is 24.6 Å². The average Bonchev–Trinajstić information content (AvgIpc) is 3.23. The maximum absolute atomic E-state index is 13.1. The molecule has 0 saturated carbocycles. The van der Waals surface area contributed by atoms with Gasteiger partial charge in [0, 0.05) is 52.1 Å². The molecule has 33 heavy (non-hydrogen) atoms. The Morgan fingerprint density at radius 1 is 1.27 bits per heavy atom. The number of benzene rings is 1. The molecule has 12 heteroatoms. The molecule has 0 spiro atoms. The molecule has 2 N–H and O–H groups in total. The Labute approximate surface area is 194 Å². The monoisotopic (exact) mass is 485 g/mol. The van der Waals surface area contributed by atoms with E-state index in [1.165, 1.54) is 60.2 Å². The fourth-order valence-corrected chi connectivity index (χ4v) is 4.38. The van der Waals surface area contributed by atoms with Gasteiger partial charge in [-0.15, -0.1) is 0 Å². The number of halogens is 1. The molecule has 0 aliphatic rings. The summed E-state index contributed by atoms with van der Waals surface area (Å²) in [6.45, 7) is 3.48. The highest BCUT2D eigenvalue weighted by atomic mass is 32.2. The van der Waals surface area contributed by atoms with Crippen molar-refractivity contribution in [2.45, 2.75) is 31.0 Å². The Balaban J connectivity index is 2.11. The van der Waals surface area contributed by atoms with Crippen LogP contribution < -0.4 is 5.32 Å². The van der Waals surface area contributed by atoms with Crippen molar-refractivity contribution in [3.8, 4) is 0 Å². The highest BCUT2D eigenvalue weighted by molar-refractivity contribution is 7.89. The second kappa shape index (κ2) is 11.5. The van der Waals surface area contributed by atoms with Crippen LogP contribution in [0.5, 0.6) is 0 Å². The number of methoxy groups -OCH3 is 1. The van der Waals surface area contributed by atoms with E-state index in [1.54, 1.807) is 18.5 Å². The molecular formula is C21H32FN5O5S. The molecule has 1 aromatic heterocycles. The second-order valence-corrected chi connectivity index (χ2v) is 10.0. The molecular weight excluding hydrogens is 453 g/mol. The van der Waals surface area contributed by atoms with Gasteiger partial charge in [-0.25, -0.2) is 22.6 Å². The number of urea groups is 1. The number of aryl methyl sites for hydroxylation is 1. The van der Waals surface area contributed by atoms with Gasteiger partial charge in [-0.3, -0.25) is 0 Å². The maximum atomic E-state index is 13.1. The molecule has 0 fully saturated rings. The number of carbonyl (C=O) groups excluding carboxylic acids is 1. The molecule has 0 aliphatic heterocycles. The van der Waals surface area contributed by atoms with Crippen LogP contribution in [0.25, 0.3) is 0 Å². The largest absolute Gasteiger partial charge is 0.394 e. The van der Waals surface area contributed by atoms with E-state index in [9.17, 15) is 22.7 Å². The Hall–Kier alpha value is -2.54. The lowest BCUT2D eigenvalue weighted by Crippen LogP contribution is -2.48. The topological polar surface area (TPSA) is 117 Å². The number of imidazole rings is 1. The van der Waals surface area contributed by atoms with Gasteiger partial charge in [-0.2, -0.15) is 4.31 Å². The van der Waals surface area contributed by atoms with Crippen molar-refractivity contribution in [2.75, 3.05) is 39.2 Å². The van der Waals surface area contributed by atoms with Gasteiger partial charge in [-0.05, 0) is 31.2 Å². The number of hydrogen-bond acceptors (Lipinski definition) is 6. The lowest BCUT2D eigenvalue weighted by Gasteiger charge is -2.34. The van der Waals surface area contributed by atoms with Gasteiger partial charge >= 0.3 is 6.03 Å². The van der Waals surface area contributed by atoms with Crippen LogP contribution in [0.2, 0.25) is 0 Å². The van der Waals surface area contributed by atoms with Crippen LogP contribution in [0.15, 0.2) is 41.8 Å². The quantitative estimate of drug-likeness (QED) is 0.501. The van der Waals surface area contributed by atoms with E-state index in [-0.39, 0.29) is 30.6 Å². The van der Waals surface area contributed by atoms with E-state index in [2.05, 4.69) is 10.3 Å². The summed E-state index contributed by atoms with van der Waals surface area (Å²) in [7, 11) is 0.787. The third-order valence-corrected chi connectivity index (χ3v) is 7.08. The highest BCUT2D eigenvalue weighted by Gasteiger charge is 2.31. The number of rotatable bonds is 11. The van der Waals surface area contributed by atoms with E-state index < -0.39 is 34.0 Å². The molecule has 0 bridgehead atoms. The molecule has 0 radical (unpaired) electrons. The normalized spacial score (nSPS) is 14.7. The van der Waals surface area contributed by atoms with E-state index in [0.29, 0.717) is 5.69 Å². The SMILES string of the molecule is CO[C@@H](CN(C)S(=O)(=O)c1cn(C)cn1)[C@@H](C)CN(C(=O)Nc1ccc(F)cc1)[C@H](C)CO. The minimum Gasteiger partial charge on any atom is -0.394 e. The van der Waals surface area contributed by atoms with Crippen molar-refractivity contribution in [3.05, 3.63) is 42.6 Å². The number of aliphatic hydroxyl groups is 1. The van der Waals surface area contributed by atoms with Crippen molar-refractivity contribution >= 4 is 21.7 Å². The summed E-state index contributed by atoms with van der Waals surface area (Å²) < 4.78 is 47.0. The number of aliphatic hydroxyl groups excluding tert-OH is 1. The van der Waals surface area contributed by atoms with Gasteiger partial charge in [-0.1, -0.05) is 6.92 Å². The third kappa shape index (κ3) is 6.97. The lowest BCUT2D eigenvalue weighted by molar-refractivity contribution is 0.0305. The molecule has 1 heterocycles. The summed E-state index contributed by atoms with van der Waals surface area (Å²) in [5.41, 5.74) is 0.411. The number of aromatic nitrogens is 2. The molecule has 10 nitrogen and oxygen atoms in total. The molecule has 0 saturated heterocycles. The third-order valence-electron chi connectivity index (χ3n) is 5.37. The van der Waals surface area contributed by atoms with Gasteiger partial charge in [0.2, 0.25) is 0 Å². The first-order valence-corrected chi connectivity index (χ1v) is 11.8.